The molecule has 2 rings (SSSR count). The lowest BCUT2D eigenvalue weighted by Crippen LogP contribution is -2.38. The van der Waals surface area contributed by atoms with Crippen LogP contribution in [0.3, 0.4) is 0 Å². The van der Waals surface area contributed by atoms with E-state index in [-0.39, 0.29) is 5.91 Å². The standard InChI is InChI=1S/C20H25NO4/c1-14-8-9-19(12-15(14)2)25-16(3)20(22)21-10-11-24-18-7-5-6-17(13-18)23-4/h5-9,12-13,16H,10-11H2,1-4H3,(H,21,22)/t16-/m0/s1. The largest absolute Gasteiger partial charge is 0.497 e. The molecule has 0 heterocycles. The lowest BCUT2D eigenvalue weighted by molar-refractivity contribution is -0.127. The molecule has 0 bridgehead atoms. The third kappa shape index (κ3) is 5.71. The third-order valence-corrected chi connectivity index (χ3v) is 3.87. The van der Waals surface area contributed by atoms with E-state index in [1.54, 1.807) is 20.1 Å². The van der Waals surface area contributed by atoms with E-state index >= 15 is 0 Å². The molecule has 134 valence electrons. The smallest absolute Gasteiger partial charge is 0.260 e. The van der Waals surface area contributed by atoms with Gasteiger partial charge in [-0.05, 0) is 56.2 Å². The first-order valence-electron chi connectivity index (χ1n) is 8.28. The van der Waals surface area contributed by atoms with Crippen molar-refractivity contribution in [3.63, 3.8) is 0 Å². The summed E-state index contributed by atoms with van der Waals surface area (Å²) < 4.78 is 16.4. The highest BCUT2D eigenvalue weighted by Gasteiger charge is 2.14. The summed E-state index contributed by atoms with van der Waals surface area (Å²) in [6, 6.07) is 13.1. The summed E-state index contributed by atoms with van der Waals surface area (Å²) in [5, 5.41) is 2.81. The SMILES string of the molecule is COc1cccc(OCCNC(=O)[C@H](C)Oc2ccc(C)c(C)c2)c1. The molecule has 0 aliphatic rings. The monoisotopic (exact) mass is 343 g/mol. The van der Waals surface area contributed by atoms with Gasteiger partial charge in [-0.15, -0.1) is 0 Å². The Labute approximate surface area is 148 Å². The van der Waals surface area contributed by atoms with Gasteiger partial charge in [0.25, 0.3) is 5.91 Å². The normalized spacial score (nSPS) is 11.5. The lowest BCUT2D eigenvalue weighted by Gasteiger charge is -2.16. The van der Waals surface area contributed by atoms with E-state index in [0.717, 1.165) is 11.3 Å². The highest BCUT2D eigenvalue weighted by atomic mass is 16.5. The second kappa shape index (κ2) is 8.97. The maximum absolute atomic E-state index is 12.1. The maximum atomic E-state index is 12.1. The van der Waals surface area contributed by atoms with E-state index in [4.69, 9.17) is 14.2 Å². The molecular formula is C20H25NO4. The van der Waals surface area contributed by atoms with Gasteiger partial charge >= 0.3 is 0 Å². The minimum Gasteiger partial charge on any atom is -0.497 e. The van der Waals surface area contributed by atoms with Gasteiger partial charge < -0.3 is 19.5 Å². The van der Waals surface area contributed by atoms with Crippen LogP contribution in [0, 0.1) is 13.8 Å². The van der Waals surface area contributed by atoms with Gasteiger partial charge in [0, 0.05) is 6.07 Å². The maximum Gasteiger partial charge on any atom is 0.260 e. The van der Waals surface area contributed by atoms with Gasteiger partial charge in [0.05, 0.1) is 13.7 Å². The summed E-state index contributed by atoms with van der Waals surface area (Å²) in [7, 11) is 1.61. The molecular weight excluding hydrogens is 318 g/mol. The van der Waals surface area contributed by atoms with Crippen LogP contribution in [-0.2, 0) is 4.79 Å². The average molecular weight is 343 g/mol. The van der Waals surface area contributed by atoms with E-state index in [1.807, 2.05) is 50.2 Å². The highest BCUT2D eigenvalue weighted by Crippen LogP contribution is 2.19. The molecule has 0 spiro atoms. The molecule has 0 aromatic heterocycles. The van der Waals surface area contributed by atoms with Crippen LogP contribution >= 0.6 is 0 Å². The predicted octanol–water partition coefficient (Wildman–Crippen LogP) is 3.27. The van der Waals surface area contributed by atoms with Gasteiger partial charge in [0.1, 0.15) is 23.9 Å². The summed E-state index contributed by atoms with van der Waals surface area (Å²) in [5.41, 5.74) is 2.33. The Balaban J connectivity index is 1.74. The van der Waals surface area contributed by atoms with Crippen molar-refractivity contribution < 1.29 is 19.0 Å². The summed E-state index contributed by atoms with van der Waals surface area (Å²) in [4.78, 5) is 12.1. The van der Waals surface area contributed by atoms with Crippen molar-refractivity contribution in [2.75, 3.05) is 20.3 Å². The first kappa shape index (κ1) is 18.6. The Morgan fingerprint density at radius 1 is 1.04 bits per heavy atom. The number of carbonyl (C=O) groups is 1. The summed E-state index contributed by atoms with van der Waals surface area (Å²) >= 11 is 0. The van der Waals surface area contributed by atoms with E-state index < -0.39 is 6.10 Å². The molecule has 5 nitrogen and oxygen atoms in total. The zero-order chi connectivity index (χ0) is 18.2. The second-order valence-corrected chi connectivity index (χ2v) is 5.82. The molecule has 0 unspecified atom stereocenters. The van der Waals surface area contributed by atoms with Crippen molar-refractivity contribution >= 4 is 5.91 Å². The molecule has 1 N–H and O–H groups in total. The minimum absolute atomic E-state index is 0.174. The quantitative estimate of drug-likeness (QED) is 0.748. The number of ether oxygens (including phenoxy) is 3. The van der Waals surface area contributed by atoms with Crippen molar-refractivity contribution in [2.45, 2.75) is 26.9 Å². The number of benzene rings is 2. The number of carbonyl (C=O) groups excluding carboxylic acids is 1. The van der Waals surface area contributed by atoms with E-state index in [0.29, 0.717) is 24.7 Å². The topological polar surface area (TPSA) is 56.8 Å². The first-order valence-corrected chi connectivity index (χ1v) is 8.28. The predicted molar refractivity (Wildman–Crippen MR) is 97.5 cm³/mol. The Hall–Kier alpha value is -2.69. The highest BCUT2D eigenvalue weighted by molar-refractivity contribution is 5.80. The number of rotatable bonds is 8. The van der Waals surface area contributed by atoms with Gasteiger partial charge in [-0.25, -0.2) is 0 Å². The molecule has 5 heteroatoms. The summed E-state index contributed by atoms with van der Waals surface area (Å²) in [5.74, 6) is 1.95. The Kier molecular flexibility index (Phi) is 6.69. The molecule has 0 saturated carbocycles. The number of nitrogens with one attached hydrogen (secondary N) is 1. The molecule has 2 aromatic carbocycles. The van der Waals surface area contributed by atoms with Crippen molar-refractivity contribution in [3.05, 3.63) is 53.6 Å². The van der Waals surface area contributed by atoms with Crippen molar-refractivity contribution in [2.24, 2.45) is 0 Å². The minimum atomic E-state index is -0.570. The van der Waals surface area contributed by atoms with Crippen molar-refractivity contribution in [1.82, 2.24) is 5.32 Å². The van der Waals surface area contributed by atoms with Crippen LogP contribution in [0.25, 0.3) is 0 Å². The van der Waals surface area contributed by atoms with Gasteiger partial charge in [0.15, 0.2) is 6.10 Å². The van der Waals surface area contributed by atoms with Crippen molar-refractivity contribution in [1.29, 1.82) is 0 Å². The van der Waals surface area contributed by atoms with Crippen LogP contribution in [-0.4, -0.2) is 32.3 Å². The van der Waals surface area contributed by atoms with E-state index in [9.17, 15) is 4.79 Å². The fourth-order valence-electron chi connectivity index (χ4n) is 2.22. The summed E-state index contributed by atoms with van der Waals surface area (Å²) in [6.45, 7) is 6.56. The van der Waals surface area contributed by atoms with Gasteiger partial charge in [-0.1, -0.05) is 12.1 Å². The molecule has 0 fully saturated rings. The van der Waals surface area contributed by atoms with Crippen LogP contribution in [0.15, 0.2) is 42.5 Å². The Bertz CT molecular complexity index is 715. The molecule has 0 radical (unpaired) electrons. The first-order chi connectivity index (χ1) is 12.0. The molecule has 1 atom stereocenters. The number of aryl methyl sites for hydroxylation is 2. The Morgan fingerprint density at radius 2 is 1.80 bits per heavy atom. The van der Waals surface area contributed by atoms with Crippen LogP contribution in [0.2, 0.25) is 0 Å². The lowest BCUT2D eigenvalue weighted by atomic mass is 10.1. The van der Waals surface area contributed by atoms with Crippen LogP contribution in [0.1, 0.15) is 18.1 Å². The van der Waals surface area contributed by atoms with Crippen LogP contribution in [0.5, 0.6) is 17.2 Å². The van der Waals surface area contributed by atoms with Crippen LogP contribution < -0.4 is 19.5 Å². The number of amides is 1. The molecule has 0 saturated heterocycles. The number of hydrogen-bond acceptors (Lipinski definition) is 4. The zero-order valence-electron chi connectivity index (χ0n) is 15.2. The molecule has 1 amide bonds. The Morgan fingerprint density at radius 3 is 2.52 bits per heavy atom. The van der Waals surface area contributed by atoms with Crippen molar-refractivity contribution in [3.8, 4) is 17.2 Å². The average Bonchev–Trinajstić information content (AvgIpc) is 2.61. The number of hydrogen-bond donors (Lipinski definition) is 1. The molecule has 0 aliphatic heterocycles. The van der Waals surface area contributed by atoms with E-state index in [1.165, 1.54) is 5.56 Å². The second-order valence-electron chi connectivity index (χ2n) is 5.82. The third-order valence-electron chi connectivity index (χ3n) is 3.87. The summed E-state index contributed by atoms with van der Waals surface area (Å²) in [6.07, 6.45) is -0.570. The fourth-order valence-corrected chi connectivity index (χ4v) is 2.22. The molecule has 2 aromatic rings. The van der Waals surface area contributed by atoms with Gasteiger partial charge in [0.2, 0.25) is 0 Å². The zero-order valence-corrected chi connectivity index (χ0v) is 15.2. The fraction of sp³-hybridized carbons (Fsp3) is 0.350. The van der Waals surface area contributed by atoms with Crippen LogP contribution in [0.4, 0.5) is 0 Å². The van der Waals surface area contributed by atoms with Gasteiger partial charge in [-0.3, -0.25) is 4.79 Å². The number of methoxy groups -OCH3 is 1. The molecule has 25 heavy (non-hydrogen) atoms. The van der Waals surface area contributed by atoms with E-state index in [2.05, 4.69) is 5.32 Å². The van der Waals surface area contributed by atoms with Gasteiger partial charge in [-0.2, -0.15) is 0 Å². The molecule has 0 aliphatic carbocycles.